The van der Waals surface area contributed by atoms with E-state index in [1.807, 2.05) is 0 Å². The molecule has 1 nitrogen and oxygen atoms in total. The number of hydrogen-bond donors (Lipinski definition) is 0. The third-order valence-electron chi connectivity index (χ3n) is 3.64. The molecule has 0 aliphatic carbocycles. The summed E-state index contributed by atoms with van der Waals surface area (Å²) in [7, 11) is -1.31. The Bertz CT molecular complexity index is 167. The summed E-state index contributed by atoms with van der Waals surface area (Å²) in [4.78, 5) is 0. The summed E-state index contributed by atoms with van der Waals surface area (Å²) in [5, 5.41) is 9.06. The first-order valence-corrected chi connectivity index (χ1v) is 7.53. The molecule has 0 saturated heterocycles. The van der Waals surface area contributed by atoms with Gasteiger partial charge in [-0.3, -0.25) is 0 Å². The van der Waals surface area contributed by atoms with Crippen LogP contribution < -0.4 is 0 Å². The molecule has 0 radical (unpaired) electrons. The minimum absolute atomic E-state index is 0.0503. The van der Waals surface area contributed by atoms with Gasteiger partial charge in [-0.25, -0.2) is 0 Å². The monoisotopic (exact) mass is 183 g/mol. The molecule has 0 aromatic heterocycles. The van der Waals surface area contributed by atoms with Gasteiger partial charge in [-0.05, 0) is 13.8 Å². The molecule has 0 aromatic carbocycles. The molecule has 0 saturated carbocycles. The maximum atomic E-state index is 9.11. The van der Waals surface area contributed by atoms with Gasteiger partial charge in [0.15, 0.2) is 0 Å². The minimum Gasteiger partial charge on any atom is -0.198 e. The molecule has 0 heterocycles. The fourth-order valence-corrected chi connectivity index (χ4v) is 6.58. The predicted molar refractivity (Wildman–Crippen MR) is 56.9 cm³/mol. The zero-order chi connectivity index (χ0) is 9.83. The van der Waals surface area contributed by atoms with E-state index in [-0.39, 0.29) is 5.04 Å². The lowest BCUT2D eigenvalue weighted by Crippen LogP contribution is -2.42. The Hall–Kier alpha value is -0.293. The van der Waals surface area contributed by atoms with Crippen LogP contribution in [0.1, 0.15) is 34.6 Å². The molecule has 0 aliphatic rings. The topological polar surface area (TPSA) is 23.8 Å². The van der Waals surface area contributed by atoms with Crippen molar-refractivity contribution >= 4 is 8.07 Å². The molecule has 0 rings (SSSR count). The van der Waals surface area contributed by atoms with Crippen molar-refractivity contribution < 1.29 is 0 Å². The van der Waals surface area contributed by atoms with E-state index in [9.17, 15) is 0 Å². The third-order valence-corrected chi connectivity index (χ3v) is 10.5. The van der Waals surface area contributed by atoms with Crippen LogP contribution in [0, 0.1) is 11.3 Å². The normalized spacial score (nSPS) is 12.7. The summed E-state index contributed by atoms with van der Waals surface area (Å²) in [6, 6.07) is 6.21. The Labute approximate surface area is 77.8 Å². The van der Waals surface area contributed by atoms with Gasteiger partial charge in [0.1, 0.15) is 0 Å². The Kier molecular flexibility index (Phi) is 3.99. The zero-order valence-corrected chi connectivity index (χ0v) is 10.1. The molecule has 0 bridgehead atoms. The van der Waals surface area contributed by atoms with Crippen molar-refractivity contribution in [3.05, 3.63) is 0 Å². The maximum absolute atomic E-state index is 9.11. The lowest BCUT2D eigenvalue weighted by molar-refractivity contribution is 0.791. The maximum Gasteiger partial charge on any atom is 0.0755 e. The highest BCUT2D eigenvalue weighted by atomic mass is 28.3. The molecule has 0 N–H and O–H groups in total. The van der Waals surface area contributed by atoms with Crippen molar-refractivity contribution in [3.8, 4) is 6.07 Å². The number of hydrogen-bond acceptors (Lipinski definition) is 1. The molecule has 0 spiro atoms. The number of nitriles is 1. The molecule has 2 heteroatoms. The largest absolute Gasteiger partial charge is 0.198 e. The van der Waals surface area contributed by atoms with Crippen LogP contribution in [0.3, 0.4) is 0 Å². The predicted octanol–water partition coefficient (Wildman–Crippen LogP) is 3.80. The van der Waals surface area contributed by atoms with Crippen LogP contribution in [-0.4, -0.2) is 8.07 Å². The summed E-state index contributed by atoms with van der Waals surface area (Å²) in [6.45, 7) is 11.0. The van der Waals surface area contributed by atoms with Gasteiger partial charge in [-0.1, -0.05) is 38.9 Å². The minimum atomic E-state index is -1.31. The molecule has 0 unspecified atom stereocenters. The van der Waals surface area contributed by atoms with Crippen molar-refractivity contribution in [2.24, 2.45) is 0 Å². The summed E-state index contributed by atoms with van der Waals surface area (Å²) in [5.41, 5.74) is 0. The molecular formula is C10H21NSi. The van der Waals surface area contributed by atoms with Crippen LogP contribution in [0.2, 0.25) is 23.2 Å². The Morgan fingerprint density at radius 1 is 1.08 bits per heavy atom. The van der Waals surface area contributed by atoms with E-state index in [4.69, 9.17) is 5.26 Å². The van der Waals surface area contributed by atoms with Gasteiger partial charge in [0.25, 0.3) is 0 Å². The molecule has 0 aromatic rings. The summed E-state index contributed by atoms with van der Waals surface area (Å²) in [6.07, 6.45) is 0. The van der Waals surface area contributed by atoms with Crippen molar-refractivity contribution in [1.82, 2.24) is 0 Å². The van der Waals surface area contributed by atoms with E-state index in [2.05, 4.69) is 40.7 Å². The smallest absolute Gasteiger partial charge is 0.0755 e. The van der Waals surface area contributed by atoms with Crippen LogP contribution >= 0.6 is 0 Å². The first-order valence-electron chi connectivity index (χ1n) is 4.91. The van der Waals surface area contributed by atoms with Crippen molar-refractivity contribution in [3.63, 3.8) is 0 Å². The fraction of sp³-hybridized carbons (Fsp3) is 0.900. The van der Waals surface area contributed by atoms with Crippen molar-refractivity contribution in [2.45, 2.75) is 57.8 Å². The molecule has 0 amide bonds. The molecule has 70 valence electrons. The van der Waals surface area contributed by atoms with Crippen LogP contribution in [0.15, 0.2) is 0 Å². The van der Waals surface area contributed by atoms with Crippen LogP contribution in [0.5, 0.6) is 0 Å². The Balaban J connectivity index is 4.85. The van der Waals surface area contributed by atoms with E-state index >= 15 is 0 Å². The fourth-order valence-electron chi connectivity index (χ4n) is 2.19. The second-order valence-electron chi connectivity index (χ2n) is 4.08. The molecule has 0 fully saturated rings. The van der Waals surface area contributed by atoms with Gasteiger partial charge in [0.05, 0.1) is 14.1 Å². The lowest BCUT2D eigenvalue weighted by atomic mass is 10.2. The van der Waals surface area contributed by atoms with Crippen molar-refractivity contribution in [2.75, 3.05) is 0 Å². The van der Waals surface area contributed by atoms with E-state index in [0.717, 1.165) is 0 Å². The third kappa shape index (κ3) is 1.72. The van der Waals surface area contributed by atoms with E-state index < -0.39 is 8.07 Å². The number of nitrogens with zero attached hydrogens (tertiary/aromatic N) is 1. The SMILES string of the molecule is CC[Si](CC)(CC)C(C)(C)C#N. The average Bonchev–Trinajstić information content (AvgIpc) is 2.08. The van der Waals surface area contributed by atoms with Crippen LogP contribution in [0.4, 0.5) is 0 Å². The van der Waals surface area contributed by atoms with Crippen molar-refractivity contribution in [1.29, 1.82) is 5.26 Å². The highest BCUT2D eigenvalue weighted by Gasteiger charge is 2.42. The molecule has 0 atom stereocenters. The first-order chi connectivity index (χ1) is 5.49. The van der Waals surface area contributed by atoms with Gasteiger partial charge >= 0.3 is 0 Å². The summed E-state index contributed by atoms with van der Waals surface area (Å²) < 4.78 is 0. The summed E-state index contributed by atoms with van der Waals surface area (Å²) in [5.74, 6) is 0. The molecule has 0 aliphatic heterocycles. The second kappa shape index (κ2) is 4.09. The average molecular weight is 183 g/mol. The Morgan fingerprint density at radius 3 is 1.50 bits per heavy atom. The first kappa shape index (κ1) is 11.7. The Morgan fingerprint density at radius 2 is 1.42 bits per heavy atom. The van der Waals surface area contributed by atoms with E-state index in [0.29, 0.717) is 0 Å². The summed E-state index contributed by atoms with van der Waals surface area (Å²) >= 11 is 0. The van der Waals surface area contributed by atoms with Gasteiger partial charge in [-0.2, -0.15) is 5.26 Å². The zero-order valence-electron chi connectivity index (χ0n) is 9.07. The second-order valence-corrected chi connectivity index (χ2v) is 10.0. The lowest BCUT2D eigenvalue weighted by Gasteiger charge is -2.38. The van der Waals surface area contributed by atoms with E-state index in [1.165, 1.54) is 18.1 Å². The number of rotatable bonds is 4. The van der Waals surface area contributed by atoms with E-state index in [1.54, 1.807) is 0 Å². The molecule has 12 heavy (non-hydrogen) atoms. The van der Waals surface area contributed by atoms with Gasteiger partial charge in [0.2, 0.25) is 0 Å². The van der Waals surface area contributed by atoms with Crippen LogP contribution in [0.25, 0.3) is 0 Å². The van der Waals surface area contributed by atoms with Gasteiger partial charge < -0.3 is 0 Å². The van der Waals surface area contributed by atoms with Crippen LogP contribution in [-0.2, 0) is 0 Å². The van der Waals surface area contributed by atoms with Gasteiger partial charge in [-0.15, -0.1) is 0 Å². The standard InChI is InChI=1S/C10H21NSi/c1-6-12(7-2,8-3)10(4,5)9-11/h6-8H2,1-5H3. The quantitative estimate of drug-likeness (QED) is 0.608. The highest BCUT2D eigenvalue weighted by Crippen LogP contribution is 2.43. The molecular weight excluding hydrogens is 162 g/mol. The van der Waals surface area contributed by atoms with Gasteiger partial charge in [0, 0.05) is 5.04 Å². The highest BCUT2D eigenvalue weighted by molar-refractivity contribution is 6.83.